The zero-order chi connectivity index (χ0) is 21.7. The second kappa shape index (κ2) is 9.51. The number of ether oxygens (including phenoxy) is 1. The van der Waals surface area contributed by atoms with Crippen LogP contribution in [0.1, 0.15) is 18.4 Å². The second-order valence-corrected chi connectivity index (χ2v) is 8.50. The van der Waals surface area contributed by atoms with Gasteiger partial charge in [0.25, 0.3) is 0 Å². The van der Waals surface area contributed by atoms with E-state index in [0.717, 1.165) is 49.5 Å². The average Bonchev–Trinajstić information content (AvgIpc) is 2.84. The van der Waals surface area contributed by atoms with E-state index in [9.17, 15) is 10.1 Å². The van der Waals surface area contributed by atoms with E-state index in [0.29, 0.717) is 25.9 Å². The summed E-state index contributed by atoms with van der Waals surface area (Å²) in [5, 5.41) is 9.93. The molecule has 2 fully saturated rings. The van der Waals surface area contributed by atoms with Gasteiger partial charge in [0.15, 0.2) is 6.29 Å². The fourth-order valence-electron chi connectivity index (χ4n) is 4.57. The van der Waals surface area contributed by atoms with Crippen LogP contribution in [0.4, 0.5) is 5.69 Å². The van der Waals surface area contributed by atoms with Gasteiger partial charge in [0.05, 0.1) is 17.2 Å². The lowest BCUT2D eigenvalue weighted by Crippen LogP contribution is -2.49. The topological polar surface area (TPSA) is 59.8 Å². The van der Waals surface area contributed by atoms with E-state index < -0.39 is 11.6 Å². The Balaban J connectivity index is 1.46. The van der Waals surface area contributed by atoms with Crippen LogP contribution in [0, 0.1) is 11.3 Å². The van der Waals surface area contributed by atoms with Crippen LogP contribution in [0.3, 0.4) is 0 Å². The third kappa shape index (κ3) is 4.58. The maximum absolute atomic E-state index is 12.0. The van der Waals surface area contributed by atoms with Crippen LogP contribution in [0.5, 0.6) is 5.75 Å². The Morgan fingerprint density at radius 3 is 2.26 bits per heavy atom. The summed E-state index contributed by atoms with van der Waals surface area (Å²) in [7, 11) is 2.13. The van der Waals surface area contributed by atoms with Crippen molar-refractivity contribution >= 4 is 12.0 Å². The lowest BCUT2D eigenvalue weighted by molar-refractivity contribution is -0.122. The quantitative estimate of drug-likeness (QED) is 0.673. The van der Waals surface area contributed by atoms with Gasteiger partial charge in [0.1, 0.15) is 5.75 Å². The van der Waals surface area contributed by atoms with Crippen LogP contribution in [0.2, 0.25) is 0 Å². The highest BCUT2D eigenvalue weighted by atomic mass is 16.5. The van der Waals surface area contributed by atoms with Gasteiger partial charge in [0.2, 0.25) is 6.23 Å². The van der Waals surface area contributed by atoms with E-state index in [-0.39, 0.29) is 0 Å². The number of nitriles is 1. The van der Waals surface area contributed by atoms with E-state index >= 15 is 0 Å². The van der Waals surface area contributed by atoms with Crippen molar-refractivity contribution < 1.29 is 9.53 Å². The standard InChI is InChI=1S/C25H30N4O2/c1-27-15-17-28(18-16-27)22-9-5-6-10-23(22)31-24(19-30)29-13-11-25(20-26,12-14-29)21-7-3-2-4-8-21/h2-10,19,24H,11-18H2,1H3. The molecule has 2 aromatic rings. The lowest BCUT2D eigenvalue weighted by Gasteiger charge is -2.40. The Hall–Kier alpha value is -2.88. The molecule has 0 radical (unpaired) electrons. The number of carbonyl (C=O) groups excluding carboxylic acids is 1. The van der Waals surface area contributed by atoms with Crippen molar-refractivity contribution in [1.29, 1.82) is 5.26 Å². The van der Waals surface area contributed by atoms with Gasteiger partial charge in [-0.15, -0.1) is 0 Å². The van der Waals surface area contributed by atoms with Gasteiger partial charge in [-0.1, -0.05) is 42.5 Å². The number of piperazine rings is 1. The molecule has 6 nitrogen and oxygen atoms in total. The van der Waals surface area contributed by atoms with Crippen LogP contribution in [-0.4, -0.2) is 68.6 Å². The minimum absolute atomic E-state index is 0.497. The molecular formula is C25H30N4O2. The number of piperidine rings is 1. The van der Waals surface area contributed by atoms with Crippen LogP contribution in [0.25, 0.3) is 0 Å². The number of rotatable bonds is 6. The number of hydrogen-bond donors (Lipinski definition) is 0. The molecule has 2 saturated heterocycles. The number of anilines is 1. The number of benzene rings is 2. The van der Waals surface area contributed by atoms with E-state index in [1.54, 1.807) is 0 Å². The first-order chi connectivity index (χ1) is 15.1. The summed E-state index contributed by atoms with van der Waals surface area (Å²) in [5.41, 5.74) is 1.60. The second-order valence-electron chi connectivity index (χ2n) is 8.50. The molecule has 2 aliphatic heterocycles. The molecule has 0 bridgehead atoms. The largest absolute Gasteiger partial charge is 0.466 e. The molecule has 4 rings (SSSR count). The fourth-order valence-corrected chi connectivity index (χ4v) is 4.57. The highest BCUT2D eigenvalue weighted by Crippen LogP contribution is 2.36. The predicted molar refractivity (Wildman–Crippen MR) is 121 cm³/mol. The summed E-state index contributed by atoms with van der Waals surface area (Å²) in [6.45, 7) is 5.17. The van der Waals surface area contributed by atoms with Gasteiger partial charge in [-0.25, -0.2) is 0 Å². The SMILES string of the molecule is CN1CCN(c2ccccc2OC(C=O)N2CCC(C#N)(c3ccccc3)CC2)CC1. The average molecular weight is 419 g/mol. The van der Waals surface area contributed by atoms with Crippen LogP contribution < -0.4 is 9.64 Å². The molecule has 6 heteroatoms. The Kier molecular flexibility index (Phi) is 6.55. The predicted octanol–water partition coefficient (Wildman–Crippen LogP) is 2.90. The fraction of sp³-hybridized carbons (Fsp3) is 0.440. The Morgan fingerprint density at radius 2 is 1.61 bits per heavy atom. The minimum atomic E-state index is -0.652. The Morgan fingerprint density at radius 1 is 0.968 bits per heavy atom. The normalized spacial score (nSPS) is 20.6. The first-order valence-electron chi connectivity index (χ1n) is 11.0. The summed E-state index contributed by atoms with van der Waals surface area (Å²) in [6.07, 6.45) is 1.59. The third-order valence-electron chi connectivity index (χ3n) is 6.63. The van der Waals surface area contributed by atoms with Crippen LogP contribution in [-0.2, 0) is 10.2 Å². The van der Waals surface area contributed by atoms with Gasteiger partial charge in [0, 0.05) is 39.3 Å². The summed E-state index contributed by atoms with van der Waals surface area (Å²) in [5.74, 6) is 0.740. The van der Waals surface area contributed by atoms with Gasteiger partial charge >= 0.3 is 0 Å². The number of hydrogen-bond acceptors (Lipinski definition) is 6. The Labute approximate surface area is 184 Å². The van der Waals surface area contributed by atoms with Crippen LogP contribution >= 0.6 is 0 Å². The molecule has 1 atom stereocenters. The lowest BCUT2D eigenvalue weighted by atomic mass is 9.74. The molecule has 0 spiro atoms. The summed E-state index contributed by atoms with van der Waals surface area (Å²) in [4.78, 5) is 18.7. The zero-order valence-corrected chi connectivity index (χ0v) is 18.1. The molecule has 2 heterocycles. The van der Waals surface area contributed by atoms with E-state index in [1.807, 2.05) is 53.4 Å². The highest BCUT2D eigenvalue weighted by Gasteiger charge is 2.38. The molecule has 0 N–H and O–H groups in total. The van der Waals surface area contributed by atoms with Crippen molar-refractivity contribution in [2.24, 2.45) is 0 Å². The molecule has 0 amide bonds. The number of aldehydes is 1. The highest BCUT2D eigenvalue weighted by molar-refractivity contribution is 5.62. The van der Waals surface area contributed by atoms with Gasteiger partial charge in [-0.05, 0) is 37.6 Å². The van der Waals surface area contributed by atoms with Crippen molar-refractivity contribution in [3.63, 3.8) is 0 Å². The first kappa shape index (κ1) is 21.4. The third-order valence-corrected chi connectivity index (χ3v) is 6.63. The maximum Gasteiger partial charge on any atom is 0.209 e. The molecule has 31 heavy (non-hydrogen) atoms. The molecule has 0 aromatic heterocycles. The molecule has 1 unspecified atom stereocenters. The van der Waals surface area contributed by atoms with Crippen molar-refractivity contribution in [2.45, 2.75) is 24.5 Å². The summed E-state index contributed by atoms with van der Waals surface area (Å²) in [6, 6.07) is 20.5. The van der Waals surface area contributed by atoms with Crippen molar-refractivity contribution in [3.05, 3.63) is 60.2 Å². The summed E-state index contributed by atoms with van der Waals surface area (Å²) < 4.78 is 6.24. The first-order valence-corrected chi connectivity index (χ1v) is 11.0. The van der Waals surface area contributed by atoms with Crippen molar-refractivity contribution in [3.8, 4) is 11.8 Å². The smallest absolute Gasteiger partial charge is 0.209 e. The number of likely N-dealkylation sites (tertiary alicyclic amines) is 1. The molecule has 0 saturated carbocycles. The van der Waals surface area contributed by atoms with E-state index in [4.69, 9.17) is 4.74 Å². The van der Waals surface area contributed by atoms with E-state index in [1.165, 1.54) is 0 Å². The van der Waals surface area contributed by atoms with Crippen LogP contribution in [0.15, 0.2) is 54.6 Å². The number of nitrogens with zero attached hydrogens (tertiary/aromatic N) is 4. The molecular weight excluding hydrogens is 388 g/mol. The summed E-state index contributed by atoms with van der Waals surface area (Å²) >= 11 is 0. The van der Waals surface area contributed by atoms with E-state index in [2.05, 4.69) is 29.0 Å². The molecule has 2 aliphatic rings. The molecule has 2 aromatic carbocycles. The molecule has 162 valence electrons. The number of likely N-dealkylation sites (N-methyl/N-ethyl adjacent to an activating group) is 1. The van der Waals surface area contributed by atoms with Gasteiger partial charge in [-0.2, -0.15) is 5.26 Å². The zero-order valence-electron chi connectivity index (χ0n) is 18.1. The maximum atomic E-state index is 12.0. The number of para-hydroxylation sites is 2. The Bertz CT molecular complexity index is 911. The van der Waals surface area contributed by atoms with Crippen molar-refractivity contribution in [2.75, 3.05) is 51.2 Å². The van der Waals surface area contributed by atoms with Gasteiger partial charge in [-0.3, -0.25) is 9.69 Å². The van der Waals surface area contributed by atoms with Gasteiger partial charge < -0.3 is 14.5 Å². The van der Waals surface area contributed by atoms with Crippen molar-refractivity contribution in [1.82, 2.24) is 9.80 Å². The molecule has 0 aliphatic carbocycles. The number of carbonyl (C=O) groups is 1. The monoisotopic (exact) mass is 418 g/mol. The minimum Gasteiger partial charge on any atom is -0.466 e.